The molecule has 0 aromatic heterocycles. The number of hydrogen-bond acceptors (Lipinski definition) is 5. The average Bonchev–Trinajstić information content (AvgIpc) is 2.91. The topological polar surface area (TPSA) is 92.8 Å². The fraction of sp³-hybridized carbons (Fsp3) is 0.556. The van der Waals surface area contributed by atoms with E-state index in [1.54, 1.807) is 12.1 Å². The van der Waals surface area contributed by atoms with Crippen molar-refractivity contribution < 1.29 is 22.7 Å². The van der Waals surface area contributed by atoms with Gasteiger partial charge in [-0.2, -0.15) is 0 Å². The van der Waals surface area contributed by atoms with Gasteiger partial charge < -0.3 is 10.1 Å². The summed E-state index contributed by atoms with van der Waals surface area (Å²) >= 11 is 0. The molecule has 0 unspecified atom stereocenters. The normalized spacial score (nSPS) is 16.3. The highest BCUT2D eigenvalue weighted by molar-refractivity contribution is 7.92. The fourth-order valence-corrected chi connectivity index (χ4v) is 4.37. The van der Waals surface area contributed by atoms with Crippen LogP contribution in [0.5, 0.6) is 0 Å². The van der Waals surface area contributed by atoms with E-state index >= 15 is 0 Å². The second-order valence-corrected chi connectivity index (χ2v) is 8.45. The lowest BCUT2D eigenvalue weighted by Gasteiger charge is -2.21. The van der Waals surface area contributed by atoms with Crippen LogP contribution in [0.3, 0.4) is 0 Å². The van der Waals surface area contributed by atoms with E-state index in [-0.39, 0.29) is 18.6 Å². The van der Waals surface area contributed by atoms with Crippen LogP contribution in [0.15, 0.2) is 18.2 Å². The largest absolute Gasteiger partial charge is 0.452 e. The van der Waals surface area contributed by atoms with Gasteiger partial charge in [-0.05, 0) is 43.5 Å². The lowest BCUT2D eigenvalue weighted by atomic mass is 10.1. The molecule has 1 heterocycles. The van der Waals surface area contributed by atoms with Gasteiger partial charge in [0.2, 0.25) is 10.0 Å². The van der Waals surface area contributed by atoms with Crippen molar-refractivity contribution >= 4 is 27.6 Å². The molecule has 1 aliphatic heterocycles. The number of carbonyl (C=O) groups excluding carboxylic acids is 2. The molecule has 1 N–H and O–H groups in total. The molecule has 7 nitrogen and oxygen atoms in total. The van der Waals surface area contributed by atoms with Crippen LogP contribution in [0.2, 0.25) is 0 Å². The van der Waals surface area contributed by atoms with Gasteiger partial charge in [-0.3, -0.25) is 9.10 Å². The third-order valence-corrected chi connectivity index (χ3v) is 5.53. The molecular weight excluding hydrogens is 356 g/mol. The maximum atomic E-state index is 12.2. The molecule has 8 heteroatoms. The van der Waals surface area contributed by atoms with Gasteiger partial charge in [-0.15, -0.1) is 0 Å². The summed E-state index contributed by atoms with van der Waals surface area (Å²) in [5.74, 6) is -0.922. The van der Waals surface area contributed by atoms with Crippen LogP contribution in [0, 0.1) is 0 Å². The molecule has 0 saturated carbocycles. The molecule has 144 valence electrons. The Morgan fingerprint density at radius 3 is 2.69 bits per heavy atom. The van der Waals surface area contributed by atoms with Gasteiger partial charge in [0.05, 0.1) is 17.5 Å². The first-order valence-corrected chi connectivity index (χ1v) is 10.6. The SMILES string of the molecule is CCCCCNC(=O)COC(=O)c1ccc2c(c1)C[C@H](C)N2S(C)(=O)=O. The predicted molar refractivity (Wildman–Crippen MR) is 99.7 cm³/mol. The minimum absolute atomic E-state index is 0.194. The molecule has 1 aromatic carbocycles. The van der Waals surface area contributed by atoms with Crippen LogP contribution in [-0.2, 0) is 26.0 Å². The number of rotatable bonds is 8. The Bertz CT molecular complexity index is 776. The zero-order chi connectivity index (χ0) is 19.3. The number of amides is 1. The number of unbranched alkanes of at least 4 members (excludes halogenated alkanes) is 2. The van der Waals surface area contributed by atoms with Gasteiger partial charge in [-0.25, -0.2) is 13.2 Å². The predicted octanol–water partition coefficient (Wildman–Crippen LogP) is 1.86. The Labute approximate surface area is 154 Å². The molecule has 1 aliphatic rings. The van der Waals surface area contributed by atoms with E-state index in [4.69, 9.17) is 4.74 Å². The van der Waals surface area contributed by atoms with Crippen molar-refractivity contribution in [3.05, 3.63) is 29.3 Å². The molecule has 0 fully saturated rings. The Morgan fingerprint density at radius 1 is 1.31 bits per heavy atom. The number of nitrogens with zero attached hydrogens (tertiary/aromatic N) is 1. The molecule has 26 heavy (non-hydrogen) atoms. The number of ether oxygens (including phenoxy) is 1. The van der Waals surface area contributed by atoms with Crippen molar-refractivity contribution in [2.24, 2.45) is 0 Å². The monoisotopic (exact) mass is 382 g/mol. The van der Waals surface area contributed by atoms with Crippen LogP contribution in [0.25, 0.3) is 0 Å². The Kier molecular flexibility index (Phi) is 6.63. The highest BCUT2D eigenvalue weighted by Crippen LogP contribution is 2.34. The zero-order valence-corrected chi connectivity index (χ0v) is 16.3. The first kappa shape index (κ1) is 20.2. The van der Waals surface area contributed by atoms with E-state index in [1.807, 2.05) is 6.92 Å². The summed E-state index contributed by atoms with van der Waals surface area (Å²) in [6.07, 6.45) is 4.70. The van der Waals surface area contributed by atoms with Crippen molar-refractivity contribution in [1.82, 2.24) is 5.32 Å². The van der Waals surface area contributed by atoms with Gasteiger partial charge in [0.25, 0.3) is 5.91 Å². The zero-order valence-electron chi connectivity index (χ0n) is 15.4. The van der Waals surface area contributed by atoms with Gasteiger partial charge >= 0.3 is 5.97 Å². The number of anilines is 1. The summed E-state index contributed by atoms with van der Waals surface area (Å²) in [4.78, 5) is 23.8. The van der Waals surface area contributed by atoms with Crippen LogP contribution in [0.1, 0.15) is 49.0 Å². The fourth-order valence-electron chi connectivity index (χ4n) is 3.10. The number of nitrogens with one attached hydrogen (secondary N) is 1. The van der Waals surface area contributed by atoms with Gasteiger partial charge in [0, 0.05) is 12.6 Å². The number of benzene rings is 1. The van der Waals surface area contributed by atoms with Crippen molar-refractivity contribution in [3.8, 4) is 0 Å². The van der Waals surface area contributed by atoms with Crippen molar-refractivity contribution in [2.75, 3.05) is 23.7 Å². The molecule has 0 radical (unpaired) electrons. The first-order valence-electron chi connectivity index (χ1n) is 8.80. The van der Waals surface area contributed by atoms with E-state index in [0.29, 0.717) is 24.2 Å². The number of carbonyl (C=O) groups is 2. The Morgan fingerprint density at radius 2 is 2.04 bits per heavy atom. The maximum absolute atomic E-state index is 12.2. The standard InChI is InChI=1S/C18H26N2O5S/c1-4-5-6-9-19-17(21)12-25-18(22)14-7-8-16-15(11-14)10-13(2)20(16)26(3,23)24/h7-8,11,13H,4-6,9-10,12H2,1-3H3,(H,19,21)/t13-/m0/s1. The van der Waals surface area contributed by atoms with E-state index in [9.17, 15) is 18.0 Å². The summed E-state index contributed by atoms with van der Waals surface area (Å²) in [6.45, 7) is 4.15. The van der Waals surface area contributed by atoms with Crippen LogP contribution in [0.4, 0.5) is 5.69 Å². The van der Waals surface area contributed by atoms with Crippen LogP contribution >= 0.6 is 0 Å². The van der Waals surface area contributed by atoms with Gasteiger partial charge in [0.1, 0.15) is 0 Å². The molecule has 1 amide bonds. The summed E-state index contributed by atoms with van der Waals surface area (Å²) in [5, 5.41) is 2.70. The van der Waals surface area contributed by atoms with Crippen molar-refractivity contribution in [3.63, 3.8) is 0 Å². The molecule has 0 bridgehead atoms. The molecule has 1 aromatic rings. The highest BCUT2D eigenvalue weighted by atomic mass is 32.2. The summed E-state index contributed by atoms with van der Waals surface area (Å²) in [6, 6.07) is 4.58. The minimum Gasteiger partial charge on any atom is -0.452 e. The minimum atomic E-state index is -3.37. The quantitative estimate of drug-likeness (QED) is 0.547. The molecule has 0 saturated heterocycles. The van der Waals surface area contributed by atoms with Crippen molar-refractivity contribution in [1.29, 1.82) is 0 Å². The third-order valence-electron chi connectivity index (χ3n) is 4.26. The summed E-state index contributed by atoms with van der Waals surface area (Å²) < 4.78 is 30.2. The molecule has 0 spiro atoms. The first-order chi connectivity index (χ1) is 12.2. The lowest BCUT2D eigenvalue weighted by Crippen LogP contribution is -2.34. The Balaban J connectivity index is 1.96. The number of hydrogen-bond donors (Lipinski definition) is 1. The molecule has 0 aliphatic carbocycles. The second kappa shape index (κ2) is 8.53. The number of sulfonamides is 1. The molecule has 2 rings (SSSR count). The van der Waals surface area contributed by atoms with Gasteiger partial charge in [0.15, 0.2) is 6.61 Å². The highest BCUT2D eigenvalue weighted by Gasteiger charge is 2.32. The van der Waals surface area contributed by atoms with Crippen LogP contribution < -0.4 is 9.62 Å². The number of esters is 1. The second-order valence-electron chi connectivity index (χ2n) is 6.59. The van der Waals surface area contributed by atoms with Gasteiger partial charge in [-0.1, -0.05) is 19.8 Å². The molecule has 1 atom stereocenters. The molecular formula is C18H26N2O5S. The van der Waals surface area contributed by atoms with E-state index in [2.05, 4.69) is 12.2 Å². The smallest absolute Gasteiger partial charge is 0.338 e. The van der Waals surface area contributed by atoms with E-state index < -0.39 is 16.0 Å². The summed E-state index contributed by atoms with van der Waals surface area (Å²) in [7, 11) is -3.37. The maximum Gasteiger partial charge on any atom is 0.338 e. The lowest BCUT2D eigenvalue weighted by molar-refractivity contribution is -0.124. The number of fused-ring (bicyclic) bond motifs is 1. The van der Waals surface area contributed by atoms with Crippen LogP contribution in [-0.4, -0.2) is 45.7 Å². The van der Waals surface area contributed by atoms with E-state index in [1.165, 1.54) is 16.6 Å². The third kappa shape index (κ3) is 4.97. The summed E-state index contributed by atoms with van der Waals surface area (Å²) in [5.41, 5.74) is 1.68. The Hall–Kier alpha value is -2.09. The van der Waals surface area contributed by atoms with E-state index in [0.717, 1.165) is 24.8 Å². The average molecular weight is 382 g/mol. The van der Waals surface area contributed by atoms with Crippen molar-refractivity contribution in [2.45, 2.75) is 45.6 Å².